The first-order chi connectivity index (χ1) is 18.4. The van der Waals surface area contributed by atoms with Gasteiger partial charge in [0.1, 0.15) is 22.3 Å². The second-order valence-corrected chi connectivity index (χ2v) is 10.1. The summed E-state index contributed by atoms with van der Waals surface area (Å²) in [5.41, 5.74) is 0.143. The third kappa shape index (κ3) is 7.40. The lowest BCUT2D eigenvalue weighted by Gasteiger charge is -2.11. The lowest BCUT2D eigenvalue weighted by Crippen LogP contribution is -2.14. The molecule has 0 aromatic heterocycles. The zero-order valence-electron chi connectivity index (χ0n) is 20.3. The van der Waals surface area contributed by atoms with Crippen molar-refractivity contribution in [3.05, 3.63) is 86.4 Å². The summed E-state index contributed by atoms with van der Waals surface area (Å²) in [7, 11) is -2.90. The fourth-order valence-electron chi connectivity index (χ4n) is 3.16. The van der Waals surface area contributed by atoms with Crippen LogP contribution in [0.15, 0.2) is 75.6 Å². The molecular weight excluding hydrogens is 596 g/mol. The van der Waals surface area contributed by atoms with Crippen LogP contribution in [0.3, 0.4) is 0 Å². The second-order valence-electron chi connectivity index (χ2n) is 7.70. The van der Waals surface area contributed by atoms with E-state index in [0.29, 0.717) is 11.3 Å². The van der Waals surface area contributed by atoms with Crippen LogP contribution in [0.1, 0.15) is 12.5 Å². The number of nitro groups is 1. The number of methoxy groups -OCH3 is 1. The molecule has 0 heterocycles. The van der Waals surface area contributed by atoms with Gasteiger partial charge in [-0.05, 0) is 70.0 Å². The second kappa shape index (κ2) is 12.2. The number of ether oxygens (including phenoxy) is 1. The quantitative estimate of drug-likeness (QED) is 0.114. The number of nitrogens with zero attached hydrogens (tertiary/aromatic N) is 2. The van der Waals surface area contributed by atoms with Crippen molar-refractivity contribution in [2.75, 3.05) is 17.7 Å². The summed E-state index contributed by atoms with van der Waals surface area (Å²) in [6.45, 7) is 1.32. The molecule has 2 N–H and O–H groups in total. The highest BCUT2D eigenvalue weighted by molar-refractivity contribution is 9.10. The maximum Gasteiger partial charge on any atom is 0.339 e. The molecule has 0 bridgehead atoms. The van der Waals surface area contributed by atoms with Gasteiger partial charge < -0.3 is 19.6 Å². The van der Waals surface area contributed by atoms with E-state index < -0.39 is 20.9 Å². The van der Waals surface area contributed by atoms with Crippen molar-refractivity contribution in [2.24, 2.45) is 0 Å². The molecule has 0 atom stereocenters. The minimum Gasteiger partial charge on any atom is -0.495 e. The van der Waals surface area contributed by atoms with Crippen LogP contribution in [0.4, 0.5) is 17.1 Å². The largest absolute Gasteiger partial charge is 0.495 e. The summed E-state index contributed by atoms with van der Waals surface area (Å²) >= 11 is 3.22. The number of anilines is 2. The summed E-state index contributed by atoms with van der Waals surface area (Å²) in [4.78, 5) is 34.1. The minimum absolute atomic E-state index is 0.00177. The van der Waals surface area contributed by atoms with Gasteiger partial charge in [0.05, 0.1) is 22.2 Å². The molecule has 0 fully saturated rings. The van der Waals surface area contributed by atoms with Crippen molar-refractivity contribution >= 4 is 61.0 Å². The zero-order valence-corrected chi connectivity index (χ0v) is 22.7. The van der Waals surface area contributed by atoms with E-state index in [1.54, 1.807) is 6.07 Å². The Morgan fingerprint density at radius 1 is 1.05 bits per heavy atom. The van der Waals surface area contributed by atoms with Gasteiger partial charge >= 0.3 is 10.1 Å². The minimum atomic E-state index is -4.22. The van der Waals surface area contributed by atoms with Gasteiger partial charge in [-0.3, -0.25) is 19.7 Å². The van der Waals surface area contributed by atoms with E-state index in [1.807, 2.05) is 0 Å². The van der Waals surface area contributed by atoms with Crippen LogP contribution in [-0.4, -0.2) is 32.3 Å². The summed E-state index contributed by atoms with van der Waals surface area (Å²) < 4.78 is 35.9. The summed E-state index contributed by atoms with van der Waals surface area (Å²) in [6.07, 6.45) is 1.24. The summed E-state index contributed by atoms with van der Waals surface area (Å²) in [5, 5.41) is 25.5. The number of halogens is 1. The predicted octanol–water partition coefficient (Wildman–Crippen LogP) is 4.64. The van der Waals surface area contributed by atoms with E-state index >= 15 is 0 Å². The summed E-state index contributed by atoms with van der Waals surface area (Å²) in [5.74, 6) is -1.05. The van der Waals surface area contributed by atoms with Gasteiger partial charge in [-0.1, -0.05) is 6.07 Å². The van der Waals surface area contributed by atoms with Crippen molar-refractivity contribution < 1.29 is 31.9 Å². The SMILES string of the molecule is COc1ccc([N+](=O)[O-])cc1NC(=O)/C(C#N)=C/c1ccc(OS(=O)(=O)c2ccc(NC(C)=O)cc2)c(Br)c1. The predicted molar refractivity (Wildman–Crippen MR) is 145 cm³/mol. The molecule has 3 rings (SSSR count). The third-order valence-electron chi connectivity index (χ3n) is 4.94. The zero-order chi connectivity index (χ0) is 28.7. The van der Waals surface area contributed by atoms with E-state index in [4.69, 9.17) is 8.92 Å². The van der Waals surface area contributed by atoms with Crippen LogP contribution in [0.2, 0.25) is 0 Å². The van der Waals surface area contributed by atoms with Crippen LogP contribution in [0.25, 0.3) is 6.08 Å². The Hall–Kier alpha value is -4.74. The number of hydrogen-bond acceptors (Lipinski definition) is 9. The molecule has 200 valence electrons. The van der Waals surface area contributed by atoms with Crippen LogP contribution < -0.4 is 19.6 Å². The monoisotopic (exact) mass is 614 g/mol. The summed E-state index contributed by atoms with van der Waals surface area (Å²) in [6, 6.07) is 14.9. The maximum atomic E-state index is 12.7. The van der Waals surface area contributed by atoms with E-state index in [0.717, 1.165) is 6.07 Å². The molecule has 39 heavy (non-hydrogen) atoms. The Balaban J connectivity index is 1.80. The van der Waals surface area contributed by atoms with Crippen LogP contribution in [0.5, 0.6) is 11.5 Å². The molecule has 0 saturated heterocycles. The number of nitro benzene ring substituents is 1. The van der Waals surface area contributed by atoms with Crippen molar-refractivity contribution in [3.63, 3.8) is 0 Å². The number of carbonyl (C=O) groups excluding carboxylic acids is 2. The van der Waals surface area contributed by atoms with Crippen LogP contribution in [0, 0.1) is 21.4 Å². The Morgan fingerprint density at radius 2 is 1.72 bits per heavy atom. The molecule has 14 heteroatoms. The average Bonchev–Trinajstić information content (AvgIpc) is 2.88. The molecule has 0 aliphatic carbocycles. The molecular formula is C25H19BrN4O8S. The number of hydrogen-bond donors (Lipinski definition) is 2. The Labute approximate surface area is 231 Å². The van der Waals surface area contributed by atoms with Crippen molar-refractivity contribution in [2.45, 2.75) is 11.8 Å². The highest BCUT2D eigenvalue weighted by atomic mass is 79.9. The number of benzene rings is 3. The van der Waals surface area contributed by atoms with E-state index in [2.05, 4.69) is 26.6 Å². The normalized spacial score (nSPS) is 11.2. The van der Waals surface area contributed by atoms with Gasteiger partial charge in [0.2, 0.25) is 5.91 Å². The van der Waals surface area contributed by atoms with Gasteiger partial charge in [0.15, 0.2) is 5.75 Å². The fraction of sp³-hybridized carbons (Fsp3) is 0.0800. The first-order valence-corrected chi connectivity index (χ1v) is 13.0. The molecule has 0 saturated carbocycles. The molecule has 12 nitrogen and oxygen atoms in total. The van der Waals surface area contributed by atoms with Gasteiger partial charge in [-0.15, -0.1) is 0 Å². The van der Waals surface area contributed by atoms with Crippen LogP contribution >= 0.6 is 15.9 Å². The number of nitrogens with one attached hydrogen (secondary N) is 2. The molecule has 0 aliphatic heterocycles. The van der Waals surface area contributed by atoms with Gasteiger partial charge in [0, 0.05) is 24.7 Å². The first kappa shape index (κ1) is 28.8. The Kier molecular flexibility index (Phi) is 9.02. The average molecular weight is 615 g/mol. The first-order valence-electron chi connectivity index (χ1n) is 10.8. The van der Waals surface area contributed by atoms with Crippen LogP contribution in [-0.2, 0) is 19.7 Å². The smallest absolute Gasteiger partial charge is 0.339 e. The number of amides is 2. The molecule has 0 aliphatic rings. The van der Waals surface area contributed by atoms with E-state index in [-0.39, 0.29) is 43.7 Å². The fourth-order valence-corrected chi connectivity index (χ4v) is 4.69. The third-order valence-corrected chi connectivity index (χ3v) is 6.81. The molecule has 0 spiro atoms. The van der Waals surface area contributed by atoms with Gasteiger partial charge in [0.25, 0.3) is 11.6 Å². The molecule has 2 amide bonds. The highest BCUT2D eigenvalue weighted by Gasteiger charge is 2.20. The highest BCUT2D eigenvalue weighted by Crippen LogP contribution is 2.31. The van der Waals surface area contributed by atoms with Gasteiger partial charge in [-0.2, -0.15) is 13.7 Å². The van der Waals surface area contributed by atoms with Crippen molar-refractivity contribution in [1.82, 2.24) is 0 Å². The lowest BCUT2D eigenvalue weighted by molar-refractivity contribution is -0.384. The molecule has 0 unspecified atom stereocenters. The molecule has 3 aromatic carbocycles. The van der Waals surface area contributed by atoms with E-state index in [9.17, 15) is 33.4 Å². The number of non-ortho nitro benzene ring substituents is 1. The number of nitriles is 1. The number of carbonyl (C=O) groups is 2. The topological polar surface area (TPSA) is 178 Å². The van der Waals surface area contributed by atoms with E-state index in [1.165, 1.54) is 74.7 Å². The molecule has 3 aromatic rings. The van der Waals surface area contributed by atoms with Crippen molar-refractivity contribution in [1.29, 1.82) is 5.26 Å². The number of rotatable bonds is 9. The Bertz CT molecular complexity index is 1630. The van der Waals surface area contributed by atoms with Crippen molar-refractivity contribution in [3.8, 4) is 17.6 Å². The molecule has 0 radical (unpaired) electrons. The standard InChI is InChI=1S/C25H19BrN4O8S/c1-15(31)28-18-4-7-20(8-5-18)39(35,36)38-23-9-3-16(12-21(23)26)11-17(14-27)25(32)29-22-13-19(30(33)34)6-10-24(22)37-2/h3-13H,1-2H3,(H,28,31)(H,29,32)/b17-11+. The van der Waals surface area contributed by atoms with Gasteiger partial charge in [-0.25, -0.2) is 0 Å². The Morgan fingerprint density at radius 3 is 2.28 bits per heavy atom. The lowest BCUT2D eigenvalue weighted by atomic mass is 10.1. The maximum absolute atomic E-state index is 12.7.